The standard InChI is InChI=1S/C6H15NO3.C5H12N2O/c8-4-1-7(2-5-9)3-6-10;1-6(2)5(8)7(3)4/h8-10H,1-6H2;1-4H3. The molecular formula is C11H27N3O4. The van der Waals surface area contributed by atoms with E-state index in [1.54, 1.807) is 33.1 Å². The highest BCUT2D eigenvalue weighted by Crippen LogP contribution is 1.84. The molecule has 18 heavy (non-hydrogen) atoms. The number of hydrogen-bond donors (Lipinski definition) is 3. The van der Waals surface area contributed by atoms with Gasteiger partial charge in [-0.25, -0.2) is 4.79 Å². The lowest BCUT2D eigenvalue weighted by Gasteiger charge is -2.17. The van der Waals surface area contributed by atoms with Gasteiger partial charge in [0.25, 0.3) is 0 Å². The molecule has 0 aromatic rings. The molecule has 0 fully saturated rings. The first-order chi connectivity index (χ1) is 8.40. The van der Waals surface area contributed by atoms with Gasteiger partial charge in [0.2, 0.25) is 0 Å². The lowest BCUT2D eigenvalue weighted by atomic mass is 10.4. The Hall–Kier alpha value is -0.890. The molecule has 0 saturated heterocycles. The van der Waals surface area contributed by atoms with Crippen LogP contribution in [0, 0.1) is 0 Å². The van der Waals surface area contributed by atoms with Crippen LogP contribution in [0.5, 0.6) is 0 Å². The van der Waals surface area contributed by atoms with Gasteiger partial charge in [-0.2, -0.15) is 0 Å². The molecule has 0 saturated carbocycles. The van der Waals surface area contributed by atoms with Crippen molar-refractivity contribution in [3.8, 4) is 0 Å². The maximum absolute atomic E-state index is 10.7. The van der Waals surface area contributed by atoms with E-state index in [4.69, 9.17) is 15.3 Å². The Balaban J connectivity index is 0. The van der Waals surface area contributed by atoms with Gasteiger partial charge in [0.05, 0.1) is 19.8 Å². The van der Waals surface area contributed by atoms with E-state index < -0.39 is 0 Å². The number of carbonyl (C=O) groups excluding carboxylic acids is 1. The lowest BCUT2D eigenvalue weighted by molar-refractivity contribution is 0.136. The Labute approximate surface area is 109 Å². The predicted octanol–water partition coefficient (Wildman–Crippen LogP) is -1.51. The fourth-order valence-corrected chi connectivity index (χ4v) is 1.16. The van der Waals surface area contributed by atoms with Crippen molar-refractivity contribution in [1.29, 1.82) is 0 Å². The third-order valence-corrected chi connectivity index (χ3v) is 2.01. The van der Waals surface area contributed by atoms with Gasteiger partial charge in [0.15, 0.2) is 0 Å². The van der Waals surface area contributed by atoms with Crippen LogP contribution in [0.15, 0.2) is 0 Å². The molecule has 0 atom stereocenters. The zero-order chi connectivity index (χ0) is 14.6. The molecule has 0 rings (SSSR count). The van der Waals surface area contributed by atoms with Crippen molar-refractivity contribution >= 4 is 6.03 Å². The monoisotopic (exact) mass is 265 g/mol. The number of amides is 2. The van der Waals surface area contributed by atoms with Crippen LogP contribution in [0.4, 0.5) is 4.79 Å². The topological polar surface area (TPSA) is 87.5 Å². The summed E-state index contributed by atoms with van der Waals surface area (Å²) in [5.41, 5.74) is 0. The van der Waals surface area contributed by atoms with Crippen molar-refractivity contribution in [3.05, 3.63) is 0 Å². The van der Waals surface area contributed by atoms with E-state index in [1.807, 2.05) is 0 Å². The molecule has 0 aliphatic carbocycles. The predicted molar refractivity (Wildman–Crippen MR) is 70.5 cm³/mol. The van der Waals surface area contributed by atoms with Crippen molar-refractivity contribution in [2.75, 3.05) is 67.6 Å². The number of rotatable bonds is 6. The van der Waals surface area contributed by atoms with E-state index >= 15 is 0 Å². The number of hydrogen-bond acceptors (Lipinski definition) is 5. The third kappa shape index (κ3) is 11.6. The van der Waals surface area contributed by atoms with Gasteiger partial charge >= 0.3 is 6.03 Å². The largest absolute Gasteiger partial charge is 0.395 e. The second kappa shape index (κ2) is 12.6. The zero-order valence-corrected chi connectivity index (χ0v) is 11.8. The summed E-state index contributed by atoms with van der Waals surface area (Å²) in [6.45, 7) is 1.75. The summed E-state index contributed by atoms with van der Waals surface area (Å²) in [5, 5.41) is 25.5. The van der Waals surface area contributed by atoms with Gasteiger partial charge in [0, 0.05) is 47.8 Å². The maximum Gasteiger partial charge on any atom is 0.318 e. The Morgan fingerprint density at radius 3 is 1.17 bits per heavy atom. The van der Waals surface area contributed by atoms with Gasteiger partial charge in [-0.05, 0) is 0 Å². The van der Waals surface area contributed by atoms with Gasteiger partial charge in [-0.15, -0.1) is 0 Å². The third-order valence-electron chi connectivity index (χ3n) is 2.01. The first kappa shape index (κ1) is 19.4. The number of nitrogens with zero attached hydrogens (tertiary/aromatic N) is 3. The van der Waals surface area contributed by atoms with Gasteiger partial charge in [0.1, 0.15) is 0 Å². The van der Waals surface area contributed by atoms with E-state index in [9.17, 15) is 4.79 Å². The second-order valence-corrected chi connectivity index (χ2v) is 4.08. The molecule has 0 aliphatic heterocycles. The summed E-state index contributed by atoms with van der Waals surface area (Å²) in [6.07, 6.45) is 0. The van der Waals surface area contributed by atoms with Crippen molar-refractivity contribution in [3.63, 3.8) is 0 Å². The fourth-order valence-electron chi connectivity index (χ4n) is 1.16. The molecule has 110 valence electrons. The number of aliphatic hydroxyl groups is 3. The molecule has 7 nitrogen and oxygen atoms in total. The first-order valence-electron chi connectivity index (χ1n) is 5.84. The van der Waals surface area contributed by atoms with Crippen LogP contribution in [-0.2, 0) is 0 Å². The summed E-state index contributed by atoms with van der Waals surface area (Å²) in [4.78, 5) is 15.5. The van der Waals surface area contributed by atoms with Crippen molar-refractivity contribution in [2.45, 2.75) is 0 Å². The van der Waals surface area contributed by atoms with Crippen molar-refractivity contribution in [1.82, 2.24) is 14.7 Å². The average molecular weight is 265 g/mol. The fraction of sp³-hybridized carbons (Fsp3) is 0.909. The maximum atomic E-state index is 10.7. The molecule has 0 spiro atoms. The molecule has 0 radical (unpaired) electrons. The number of carbonyl (C=O) groups is 1. The normalized spacial score (nSPS) is 9.78. The molecule has 7 heteroatoms. The van der Waals surface area contributed by atoms with E-state index in [0.717, 1.165) is 0 Å². The Morgan fingerprint density at radius 2 is 1.06 bits per heavy atom. The summed E-state index contributed by atoms with van der Waals surface area (Å²) in [6, 6.07) is 0.0185. The van der Waals surface area contributed by atoms with Crippen LogP contribution in [0.25, 0.3) is 0 Å². The summed E-state index contributed by atoms with van der Waals surface area (Å²) < 4.78 is 0. The minimum Gasteiger partial charge on any atom is -0.395 e. The Morgan fingerprint density at radius 1 is 0.778 bits per heavy atom. The first-order valence-corrected chi connectivity index (χ1v) is 5.84. The van der Waals surface area contributed by atoms with E-state index in [0.29, 0.717) is 19.6 Å². The Kier molecular flexibility index (Phi) is 13.6. The molecule has 0 aromatic carbocycles. The number of aliphatic hydroxyl groups excluding tert-OH is 3. The Bertz CT molecular complexity index is 176. The van der Waals surface area contributed by atoms with Gasteiger partial charge in [-0.1, -0.05) is 0 Å². The van der Waals surface area contributed by atoms with Crippen LogP contribution < -0.4 is 0 Å². The molecule has 0 unspecified atom stereocenters. The van der Waals surface area contributed by atoms with Crippen LogP contribution in [0.3, 0.4) is 0 Å². The highest BCUT2D eigenvalue weighted by atomic mass is 16.3. The molecule has 0 aromatic heterocycles. The number of urea groups is 1. The molecule has 3 N–H and O–H groups in total. The minimum absolute atomic E-state index is 0.0185. The molecular weight excluding hydrogens is 238 g/mol. The van der Waals surface area contributed by atoms with Crippen LogP contribution in [0.2, 0.25) is 0 Å². The average Bonchev–Trinajstić information content (AvgIpc) is 2.29. The molecule has 0 aliphatic rings. The molecule has 0 bridgehead atoms. The van der Waals surface area contributed by atoms with E-state index in [1.165, 1.54) is 9.80 Å². The molecule has 2 amide bonds. The van der Waals surface area contributed by atoms with Gasteiger partial charge in [-0.3, -0.25) is 4.90 Å². The minimum atomic E-state index is 0.0185. The smallest absolute Gasteiger partial charge is 0.318 e. The quantitative estimate of drug-likeness (QED) is 0.544. The van der Waals surface area contributed by atoms with Crippen LogP contribution in [0.1, 0.15) is 0 Å². The highest BCUT2D eigenvalue weighted by Gasteiger charge is 2.02. The van der Waals surface area contributed by atoms with Crippen molar-refractivity contribution < 1.29 is 20.1 Å². The summed E-state index contributed by atoms with van der Waals surface area (Å²) in [7, 11) is 6.90. The van der Waals surface area contributed by atoms with Crippen LogP contribution in [-0.4, -0.2) is 104 Å². The highest BCUT2D eigenvalue weighted by molar-refractivity contribution is 5.72. The zero-order valence-electron chi connectivity index (χ0n) is 11.8. The summed E-state index contributed by atoms with van der Waals surface area (Å²) >= 11 is 0. The van der Waals surface area contributed by atoms with Gasteiger partial charge < -0.3 is 25.1 Å². The lowest BCUT2D eigenvalue weighted by Crippen LogP contribution is -2.33. The second-order valence-electron chi connectivity index (χ2n) is 4.08. The SMILES string of the molecule is CN(C)C(=O)N(C)C.OCCN(CCO)CCO. The van der Waals surface area contributed by atoms with E-state index in [-0.39, 0.29) is 25.9 Å². The van der Waals surface area contributed by atoms with E-state index in [2.05, 4.69) is 0 Å². The molecule has 0 heterocycles. The summed E-state index contributed by atoms with van der Waals surface area (Å²) in [5.74, 6) is 0. The van der Waals surface area contributed by atoms with Crippen LogP contribution >= 0.6 is 0 Å². The van der Waals surface area contributed by atoms with Crippen molar-refractivity contribution in [2.24, 2.45) is 0 Å².